The highest BCUT2D eigenvalue weighted by molar-refractivity contribution is 5.54. The lowest BCUT2D eigenvalue weighted by Crippen LogP contribution is -2.10. The maximum absolute atomic E-state index is 13.5. The Labute approximate surface area is 104 Å². The van der Waals surface area contributed by atoms with Gasteiger partial charge in [0.25, 0.3) is 5.89 Å². The average molecular weight is 251 g/mol. The molecule has 0 fully saturated rings. The summed E-state index contributed by atoms with van der Waals surface area (Å²) >= 11 is 0. The molecule has 0 spiro atoms. The van der Waals surface area contributed by atoms with Crippen molar-refractivity contribution in [1.29, 1.82) is 0 Å². The summed E-state index contributed by atoms with van der Waals surface area (Å²) in [6, 6.07) is 4.17. The maximum atomic E-state index is 13.5. The van der Waals surface area contributed by atoms with Gasteiger partial charge in [0.1, 0.15) is 0 Å². The number of halogens is 1. The number of ether oxygens (including phenoxy) is 1. The zero-order valence-electron chi connectivity index (χ0n) is 10.2. The van der Waals surface area contributed by atoms with Crippen LogP contribution >= 0.6 is 0 Å². The summed E-state index contributed by atoms with van der Waals surface area (Å²) < 4.78 is 23.4. The topological polar surface area (TPSA) is 74.2 Å². The first kappa shape index (κ1) is 12.5. The molecule has 0 radical (unpaired) electrons. The summed E-state index contributed by atoms with van der Waals surface area (Å²) in [6.07, 6.45) is 0.704. The van der Waals surface area contributed by atoms with E-state index in [4.69, 9.17) is 15.0 Å². The van der Waals surface area contributed by atoms with Crippen LogP contribution in [0.2, 0.25) is 0 Å². The van der Waals surface area contributed by atoms with Crippen molar-refractivity contribution in [1.82, 2.24) is 10.1 Å². The van der Waals surface area contributed by atoms with Gasteiger partial charge in [0.15, 0.2) is 17.4 Å². The zero-order chi connectivity index (χ0) is 13.1. The second kappa shape index (κ2) is 5.14. The molecule has 0 aliphatic rings. The van der Waals surface area contributed by atoms with Crippen LogP contribution in [0.5, 0.6) is 5.75 Å². The molecule has 2 rings (SSSR count). The highest BCUT2D eigenvalue weighted by Gasteiger charge is 2.15. The Hall–Kier alpha value is -1.95. The van der Waals surface area contributed by atoms with Crippen molar-refractivity contribution < 1.29 is 13.7 Å². The van der Waals surface area contributed by atoms with Crippen LogP contribution in [0.4, 0.5) is 4.39 Å². The number of nitrogens with two attached hydrogens (primary N) is 1. The molecule has 6 heteroatoms. The SMILES string of the molecule is CCC(N)c1noc(-c2ccc(OC)c(F)c2)n1. The van der Waals surface area contributed by atoms with E-state index in [1.54, 1.807) is 6.07 Å². The van der Waals surface area contributed by atoms with Gasteiger partial charge in [0.2, 0.25) is 0 Å². The third-order valence-corrected chi connectivity index (χ3v) is 2.61. The third-order valence-electron chi connectivity index (χ3n) is 2.61. The monoisotopic (exact) mass is 251 g/mol. The molecular formula is C12H14FN3O2. The summed E-state index contributed by atoms with van der Waals surface area (Å²) in [5, 5.41) is 3.77. The smallest absolute Gasteiger partial charge is 0.258 e. The second-order valence-corrected chi connectivity index (χ2v) is 3.82. The van der Waals surface area contributed by atoms with Crippen LogP contribution in [0.3, 0.4) is 0 Å². The molecule has 2 N–H and O–H groups in total. The summed E-state index contributed by atoms with van der Waals surface area (Å²) in [4.78, 5) is 4.14. The molecule has 0 saturated carbocycles. The predicted molar refractivity (Wildman–Crippen MR) is 63.5 cm³/mol. The van der Waals surface area contributed by atoms with Crippen LogP contribution in [-0.2, 0) is 0 Å². The summed E-state index contributed by atoms with van der Waals surface area (Å²) in [5.41, 5.74) is 6.28. The second-order valence-electron chi connectivity index (χ2n) is 3.82. The Balaban J connectivity index is 2.31. The van der Waals surface area contributed by atoms with E-state index >= 15 is 0 Å². The van der Waals surface area contributed by atoms with E-state index < -0.39 is 5.82 Å². The molecule has 0 aliphatic carbocycles. The Kier molecular flexibility index (Phi) is 3.57. The van der Waals surface area contributed by atoms with Crippen LogP contribution in [-0.4, -0.2) is 17.3 Å². The van der Waals surface area contributed by atoms with Crippen molar-refractivity contribution in [2.24, 2.45) is 5.73 Å². The fraction of sp³-hybridized carbons (Fsp3) is 0.333. The molecule has 96 valence electrons. The van der Waals surface area contributed by atoms with Crippen molar-refractivity contribution in [2.75, 3.05) is 7.11 Å². The molecule has 5 nitrogen and oxygen atoms in total. The van der Waals surface area contributed by atoms with Gasteiger partial charge in [-0.15, -0.1) is 0 Å². The normalized spacial score (nSPS) is 12.4. The van der Waals surface area contributed by atoms with Crippen molar-refractivity contribution >= 4 is 0 Å². The van der Waals surface area contributed by atoms with Gasteiger partial charge in [0.05, 0.1) is 13.2 Å². The van der Waals surface area contributed by atoms with E-state index in [1.165, 1.54) is 19.2 Å². The quantitative estimate of drug-likeness (QED) is 0.902. The van der Waals surface area contributed by atoms with E-state index in [9.17, 15) is 4.39 Å². The summed E-state index contributed by atoms with van der Waals surface area (Å²) in [5.74, 6) is 0.359. The van der Waals surface area contributed by atoms with Crippen LogP contribution in [0.25, 0.3) is 11.5 Å². The van der Waals surface area contributed by atoms with E-state index in [0.717, 1.165) is 0 Å². The van der Waals surface area contributed by atoms with Crippen molar-refractivity contribution in [3.8, 4) is 17.2 Å². The van der Waals surface area contributed by atoms with Gasteiger partial charge in [-0.1, -0.05) is 12.1 Å². The highest BCUT2D eigenvalue weighted by atomic mass is 19.1. The molecule has 1 aromatic carbocycles. The number of aromatic nitrogens is 2. The van der Waals surface area contributed by atoms with Gasteiger partial charge in [-0.2, -0.15) is 4.98 Å². The van der Waals surface area contributed by atoms with Crippen LogP contribution in [0.15, 0.2) is 22.7 Å². The molecule has 18 heavy (non-hydrogen) atoms. The first-order valence-electron chi connectivity index (χ1n) is 5.58. The van der Waals surface area contributed by atoms with E-state index in [-0.39, 0.29) is 17.7 Å². The average Bonchev–Trinajstić information content (AvgIpc) is 2.87. The highest BCUT2D eigenvalue weighted by Crippen LogP contribution is 2.25. The van der Waals surface area contributed by atoms with Gasteiger partial charge in [-0.05, 0) is 24.6 Å². The fourth-order valence-corrected chi connectivity index (χ4v) is 1.48. The Morgan fingerprint density at radius 1 is 1.50 bits per heavy atom. The van der Waals surface area contributed by atoms with Crippen molar-refractivity contribution in [2.45, 2.75) is 19.4 Å². The molecule has 1 atom stereocenters. The lowest BCUT2D eigenvalue weighted by molar-refractivity contribution is 0.386. The molecule has 1 heterocycles. The zero-order valence-corrected chi connectivity index (χ0v) is 10.2. The Morgan fingerprint density at radius 3 is 2.89 bits per heavy atom. The van der Waals surface area contributed by atoms with Crippen molar-refractivity contribution in [3.63, 3.8) is 0 Å². The Morgan fingerprint density at radius 2 is 2.28 bits per heavy atom. The van der Waals surface area contributed by atoms with Gasteiger partial charge in [-0.3, -0.25) is 0 Å². The van der Waals surface area contributed by atoms with Gasteiger partial charge in [-0.25, -0.2) is 4.39 Å². The van der Waals surface area contributed by atoms with E-state index in [1.807, 2.05) is 6.92 Å². The minimum absolute atomic E-state index is 0.170. The van der Waals surface area contributed by atoms with E-state index in [2.05, 4.69) is 10.1 Å². The molecule has 0 bridgehead atoms. The van der Waals surface area contributed by atoms with Gasteiger partial charge >= 0.3 is 0 Å². The minimum Gasteiger partial charge on any atom is -0.494 e. The largest absolute Gasteiger partial charge is 0.494 e. The predicted octanol–water partition coefficient (Wildman–Crippen LogP) is 2.29. The Bertz CT molecular complexity index is 542. The lowest BCUT2D eigenvalue weighted by atomic mass is 10.2. The molecule has 2 aromatic rings. The third kappa shape index (κ3) is 2.33. The number of rotatable bonds is 4. The summed E-state index contributed by atoms with van der Waals surface area (Å²) in [7, 11) is 1.41. The molecule has 1 aromatic heterocycles. The first-order valence-corrected chi connectivity index (χ1v) is 5.58. The lowest BCUT2D eigenvalue weighted by Gasteiger charge is -2.02. The van der Waals surface area contributed by atoms with Crippen LogP contribution in [0.1, 0.15) is 25.2 Å². The number of hydrogen-bond donors (Lipinski definition) is 1. The van der Waals surface area contributed by atoms with Crippen molar-refractivity contribution in [3.05, 3.63) is 29.8 Å². The number of hydrogen-bond acceptors (Lipinski definition) is 5. The molecule has 0 saturated heterocycles. The molecule has 1 unspecified atom stereocenters. The van der Waals surface area contributed by atoms with Gasteiger partial charge in [0, 0.05) is 5.56 Å². The number of methoxy groups -OCH3 is 1. The molecular weight excluding hydrogens is 237 g/mol. The molecule has 0 amide bonds. The molecule has 0 aliphatic heterocycles. The maximum Gasteiger partial charge on any atom is 0.258 e. The summed E-state index contributed by atoms with van der Waals surface area (Å²) in [6.45, 7) is 1.92. The van der Waals surface area contributed by atoms with Gasteiger partial charge < -0.3 is 15.0 Å². The van der Waals surface area contributed by atoms with Crippen LogP contribution < -0.4 is 10.5 Å². The standard InChI is InChI=1S/C12H14FN3O2/c1-3-9(14)11-15-12(18-16-11)7-4-5-10(17-2)8(13)6-7/h4-6,9H,3,14H2,1-2H3. The van der Waals surface area contributed by atoms with E-state index in [0.29, 0.717) is 17.8 Å². The van der Waals surface area contributed by atoms with Crippen LogP contribution in [0, 0.1) is 5.82 Å². The fourth-order valence-electron chi connectivity index (χ4n) is 1.48. The number of nitrogens with zero attached hydrogens (tertiary/aromatic N) is 2. The number of benzene rings is 1. The first-order chi connectivity index (χ1) is 8.65. The minimum atomic E-state index is -0.477.